The minimum absolute atomic E-state index is 0.140. The first-order chi connectivity index (χ1) is 25.7. The van der Waals surface area contributed by atoms with Crippen molar-refractivity contribution in [3.63, 3.8) is 0 Å². The van der Waals surface area contributed by atoms with E-state index >= 15 is 0 Å². The van der Waals surface area contributed by atoms with Gasteiger partial charge in [-0.25, -0.2) is 4.57 Å². The van der Waals surface area contributed by atoms with Crippen LogP contribution in [0, 0.1) is 0 Å². The van der Waals surface area contributed by atoms with Crippen LogP contribution in [0.1, 0.15) is 142 Å². The predicted molar refractivity (Wildman–Crippen MR) is 214 cm³/mol. The number of unbranched alkanes of at least 4 members (excludes halogenated alkanes) is 10. The molecule has 0 fully saturated rings. The lowest BCUT2D eigenvalue weighted by molar-refractivity contribution is -0.161. The van der Waals surface area contributed by atoms with Crippen molar-refractivity contribution in [2.24, 2.45) is 0 Å². The number of esters is 2. The maximum absolute atomic E-state index is 12.6. The zero-order chi connectivity index (χ0) is 39.1. The predicted octanol–water partition coefficient (Wildman–Crippen LogP) is 10.1. The molecule has 0 spiro atoms. The summed E-state index contributed by atoms with van der Waals surface area (Å²) in [5.74, 6) is -0.983. The standard InChI is InChI=1S/C42H71O10P/c1-3-5-7-9-11-13-15-16-17-18-19-20-21-22-24-26-28-30-32-34-42(46)52-40(38-51-53(47,48)50-36-39(44)35-43)37-49-41(45)33-31-29-27-25-23-14-12-10-8-6-4-2/h5,7,10-13,16-17,19-20,22,24,39-40,43-44H,3-4,6,8-9,14-15,18,21,23,25-38H2,1-2H3,(H,47,48)/b7-5+,12-10+,13-11+,17-16+,20-19+,24-22+/t39-,40+/m0/s1. The van der Waals surface area contributed by atoms with Gasteiger partial charge in [-0.2, -0.15) is 0 Å². The second-order valence-electron chi connectivity index (χ2n) is 12.9. The molecule has 11 heteroatoms. The minimum Gasteiger partial charge on any atom is -0.462 e. The monoisotopic (exact) mass is 766 g/mol. The molecule has 304 valence electrons. The number of aliphatic hydroxyl groups is 2. The number of hydrogen-bond acceptors (Lipinski definition) is 9. The first kappa shape index (κ1) is 50.4. The first-order valence-electron chi connectivity index (χ1n) is 19.9. The van der Waals surface area contributed by atoms with Gasteiger partial charge in [0.25, 0.3) is 0 Å². The van der Waals surface area contributed by atoms with Crippen LogP contribution in [0.3, 0.4) is 0 Å². The van der Waals surface area contributed by atoms with E-state index in [9.17, 15) is 24.2 Å². The largest absolute Gasteiger partial charge is 0.472 e. The van der Waals surface area contributed by atoms with E-state index in [2.05, 4.69) is 91.3 Å². The maximum atomic E-state index is 12.6. The quantitative estimate of drug-likeness (QED) is 0.0243. The maximum Gasteiger partial charge on any atom is 0.472 e. The number of carbonyl (C=O) groups excluding carboxylic acids is 2. The van der Waals surface area contributed by atoms with Crippen molar-refractivity contribution < 1.29 is 47.8 Å². The van der Waals surface area contributed by atoms with Crippen molar-refractivity contribution in [2.45, 2.75) is 154 Å². The van der Waals surface area contributed by atoms with Crippen molar-refractivity contribution in [3.8, 4) is 0 Å². The highest BCUT2D eigenvalue weighted by Crippen LogP contribution is 2.43. The topological polar surface area (TPSA) is 149 Å². The number of ether oxygens (including phenoxy) is 2. The van der Waals surface area contributed by atoms with E-state index in [0.717, 1.165) is 89.9 Å². The average Bonchev–Trinajstić information content (AvgIpc) is 3.14. The molecule has 0 aliphatic heterocycles. The van der Waals surface area contributed by atoms with Crippen molar-refractivity contribution >= 4 is 19.8 Å². The first-order valence-corrected chi connectivity index (χ1v) is 21.4. The van der Waals surface area contributed by atoms with Crippen molar-refractivity contribution in [1.29, 1.82) is 0 Å². The van der Waals surface area contributed by atoms with Crippen LogP contribution in [0.25, 0.3) is 0 Å². The molecule has 0 saturated heterocycles. The van der Waals surface area contributed by atoms with Gasteiger partial charge in [-0.15, -0.1) is 0 Å². The Labute approximate surface area is 320 Å². The summed E-state index contributed by atoms with van der Waals surface area (Å²) in [6, 6.07) is 0. The van der Waals surface area contributed by atoms with Crippen molar-refractivity contribution in [3.05, 3.63) is 72.9 Å². The fourth-order valence-corrected chi connectivity index (χ4v) is 5.55. The normalized spacial score (nSPS) is 14.7. The molecule has 0 aromatic carbocycles. The smallest absolute Gasteiger partial charge is 0.462 e. The molecule has 0 aromatic rings. The second-order valence-corrected chi connectivity index (χ2v) is 14.4. The summed E-state index contributed by atoms with van der Waals surface area (Å²) >= 11 is 0. The number of aliphatic hydroxyl groups excluding tert-OH is 2. The van der Waals surface area contributed by atoms with Gasteiger partial charge in [-0.3, -0.25) is 18.6 Å². The molecule has 3 atom stereocenters. The lowest BCUT2D eigenvalue weighted by Gasteiger charge is -2.20. The van der Waals surface area contributed by atoms with Crippen LogP contribution in [0.4, 0.5) is 0 Å². The van der Waals surface area contributed by atoms with E-state index in [0.29, 0.717) is 12.8 Å². The summed E-state index contributed by atoms with van der Waals surface area (Å²) in [4.78, 5) is 34.8. The summed E-state index contributed by atoms with van der Waals surface area (Å²) in [7, 11) is -4.63. The molecule has 0 bridgehead atoms. The van der Waals surface area contributed by atoms with Gasteiger partial charge in [-0.05, 0) is 77.0 Å². The van der Waals surface area contributed by atoms with E-state index in [1.54, 1.807) is 0 Å². The van der Waals surface area contributed by atoms with Crippen LogP contribution in [0.15, 0.2) is 72.9 Å². The van der Waals surface area contributed by atoms with Crippen LogP contribution >= 0.6 is 7.82 Å². The summed E-state index contributed by atoms with van der Waals surface area (Å²) in [6.45, 7) is 2.15. The molecule has 53 heavy (non-hydrogen) atoms. The van der Waals surface area contributed by atoms with Crippen LogP contribution in [0.2, 0.25) is 0 Å². The average molecular weight is 767 g/mol. The molecule has 3 N–H and O–H groups in total. The third-order valence-corrected chi connectivity index (χ3v) is 8.80. The van der Waals surface area contributed by atoms with Gasteiger partial charge >= 0.3 is 19.8 Å². The Balaban J connectivity index is 4.43. The van der Waals surface area contributed by atoms with Crippen LogP contribution in [-0.4, -0.2) is 65.7 Å². The highest BCUT2D eigenvalue weighted by atomic mass is 31.2. The van der Waals surface area contributed by atoms with Gasteiger partial charge in [0.05, 0.1) is 19.8 Å². The Morgan fingerprint density at radius 3 is 1.60 bits per heavy atom. The number of phosphoric acid groups is 1. The molecule has 0 aliphatic carbocycles. The molecule has 10 nitrogen and oxygen atoms in total. The van der Waals surface area contributed by atoms with E-state index in [-0.39, 0.29) is 19.4 Å². The van der Waals surface area contributed by atoms with E-state index in [4.69, 9.17) is 19.1 Å². The fourth-order valence-electron chi connectivity index (χ4n) is 4.76. The van der Waals surface area contributed by atoms with Crippen LogP contribution in [-0.2, 0) is 32.7 Å². The van der Waals surface area contributed by atoms with Gasteiger partial charge in [-0.1, -0.05) is 125 Å². The molecule has 0 rings (SSSR count). The summed E-state index contributed by atoms with van der Waals surface area (Å²) in [5.41, 5.74) is 0. The van der Waals surface area contributed by atoms with Crippen LogP contribution in [0.5, 0.6) is 0 Å². The van der Waals surface area contributed by atoms with E-state index in [1.165, 1.54) is 12.8 Å². The zero-order valence-corrected chi connectivity index (χ0v) is 33.6. The number of phosphoric ester groups is 1. The Morgan fingerprint density at radius 1 is 0.585 bits per heavy atom. The van der Waals surface area contributed by atoms with Gasteiger partial charge in [0, 0.05) is 12.8 Å². The van der Waals surface area contributed by atoms with E-state index < -0.39 is 51.8 Å². The molecular weight excluding hydrogens is 695 g/mol. The molecule has 0 amide bonds. The molecule has 1 unspecified atom stereocenters. The summed E-state index contributed by atoms with van der Waals surface area (Å²) in [6.07, 6.45) is 41.6. The SMILES string of the molecule is CC/C=C/C/C=C/C/C=C/C/C=C/C/C=C/CCCCCC(=O)O[C@H](COC(=O)CCCCCCC/C=C/CCCC)COP(=O)(O)OC[C@@H](O)CO. The molecule has 0 saturated carbocycles. The van der Waals surface area contributed by atoms with Crippen molar-refractivity contribution in [2.75, 3.05) is 26.4 Å². The highest BCUT2D eigenvalue weighted by molar-refractivity contribution is 7.47. The Bertz CT molecular complexity index is 1110. The van der Waals surface area contributed by atoms with Crippen molar-refractivity contribution in [1.82, 2.24) is 0 Å². The zero-order valence-electron chi connectivity index (χ0n) is 32.7. The summed E-state index contributed by atoms with van der Waals surface area (Å²) < 4.78 is 32.6. The lowest BCUT2D eigenvalue weighted by Crippen LogP contribution is -2.29. The van der Waals surface area contributed by atoms with Gasteiger partial charge < -0.3 is 24.6 Å². The van der Waals surface area contributed by atoms with Gasteiger partial charge in [0.1, 0.15) is 12.7 Å². The Hall–Kier alpha value is -2.59. The lowest BCUT2D eigenvalue weighted by atomic mass is 10.1. The molecular formula is C42H71O10P. The molecule has 0 aliphatic rings. The Morgan fingerprint density at radius 2 is 1.04 bits per heavy atom. The number of hydrogen-bond donors (Lipinski definition) is 3. The molecule has 0 aromatic heterocycles. The molecule has 0 radical (unpaired) electrons. The van der Waals surface area contributed by atoms with E-state index in [1.807, 2.05) is 0 Å². The Kier molecular flexibility index (Phi) is 35.9. The number of allylic oxidation sites excluding steroid dienone is 12. The number of carbonyl (C=O) groups is 2. The summed E-state index contributed by atoms with van der Waals surface area (Å²) in [5, 5.41) is 18.3. The highest BCUT2D eigenvalue weighted by Gasteiger charge is 2.27. The van der Waals surface area contributed by atoms with Crippen LogP contribution < -0.4 is 0 Å². The molecule has 0 heterocycles. The fraction of sp³-hybridized carbons (Fsp3) is 0.667. The van der Waals surface area contributed by atoms with Gasteiger partial charge in [0.15, 0.2) is 6.10 Å². The minimum atomic E-state index is -4.63. The third kappa shape index (κ3) is 37.5. The number of rotatable bonds is 36. The third-order valence-electron chi connectivity index (χ3n) is 7.84. The second kappa shape index (κ2) is 37.7. The van der Waals surface area contributed by atoms with Gasteiger partial charge in [0.2, 0.25) is 0 Å².